The molecule has 24 heavy (non-hydrogen) atoms. The normalized spacial score (nSPS) is 27.8. The Morgan fingerprint density at radius 3 is 2.38 bits per heavy atom. The lowest BCUT2D eigenvalue weighted by Crippen LogP contribution is -2.44. The highest BCUT2D eigenvalue weighted by Gasteiger charge is 2.35. The Hall–Kier alpha value is -0.970. The van der Waals surface area contributed by atoms with Crippen molar-refractivity contribution in [1.29, 1.82) is 0 Å². The lowest BCUT2D eigenvalue weighted by molar-refractivity contribution is -0.119. The van der Waals surface area contributed by atoms with Crippen molar-refractivity contribution in [1.82, 2.24) is 5.32 Å². The quantitative estimate of drug-likeness (QED) is 0.866. The van der Waals surface area contributed by atoms with Gasteiger partial charge in [0.15, 0.2) is 0 Å². The number of fused-ring (bicyclic) bond motifs is 3. The fourth-order valence-corrected chi connectivity index (χ4v) is 4.46. The highest BCUT2D eigenvalue weighted by Crippen LogP contribution is 2.36. The van der Waals surface area contributed by atoms with E-state index in [1.165, 1.54) is 31.4 Å². The van der Waals surface area contributed by atoms with E-state index in [4.69, 9.17) is 0 Å². The maximum absolute atomic E-state index is 12.9. The Bertz CT molecular complexity index is 571. The molecular formula is C18H27Cl2N3O. The van der Waals surface area contributed by atoms with Gasteiger partial charge in [-0.25, -0.2) is 0 Å². The van der Waals surface area contributed by atoms with Gasteiger partial charge in [0.05, 0.1) is 11.4 Å². The lowest BCUT2D eigenvalue weighted by atomic mass is 9.89. The number of amides is 1. The molecule has 0 aliphatic carbocycles. The lowest BCUT2D eigenvalue weighted by Gasteiger charge is -2.37. The van der Waals surface area contributed by atoms with Gasteiger partial charge in [-0.1, -0.05) is 12.1 Å². The molecule has 2 saturated heterocycles. The molecule has 4 rings (SSSR count). The molecule has 2 unspecified atom stereocenters. The molecule has 0 aromatic heterocycles. The van der Waals surface area contributed by atoms with E-state index in [1.807, 2.05) is 17.0 Å². The van der Waals surface area contributed by atoms with Crippen LogP contribution in [0.2, 0.25) is 0 Å². The van der Waals surface area contributed by atoms with Gasteiger partial charge in [0.2, 0.25) is 5.91 Å². The Balaban J connectivity index is 0.00000104. The van der Waals surface area contributed by atoms with Gasteiger partial charge in [-0.05, 0) is 43.7 Å². The fraction of sp³-hybridized carbons (Fsp3) is 0.611. The van der Waals surface area contributed by atoms with Crippen molar-refractivity contribution in [3.8, 4) is 0 Å². The van der Waals surface area contributed by atoms with Gasteiger partial charge in [0.25, 0.3) is 0 Å². The summed E-state index contributed by atoms with van der Waals surface area (Å²) in [7, 11) is 2.10. The molecule has 6 heteroatoms. The molecule has 2 atom stereocenters. The molecular weight excluding hydrogens is 345 g/mol. The van der Waals surface area contributed by atoms with Crippen LogP contribution in [0.15, 0.2) is 24.3 Å². The zero-order valence-corrected chi connectivity index (χ0v) is 15.7. The van der Waals surface area contributed by atoms with E-state index in [2.05, 4.69) is 29.4 Å². The number of halogens is 2. The van der Waals surface area contributed by atoms with Crippen molar-refractivity contribution in [2.24, 2.45) is 5.92 Å². The highest BCUT2D eigenvalue weighted by atomic mass is 35.5. The number of nitrogens with zero attached hydrogens (tertiary/aromatic N) is 2. The standard InChI is InChI=1S/C18H25N3O.2ClH/c1-20-8-9-21(17-5-3-2-4-16(17)20)18(22)12-13-10-14-6-7-15(11-13)19-14;;/h2-5,13-15,19H,6-12H2,1H3;2*1H. The number of hydrogen-bond acceptors (Lipinski definition) is 3. The van der Waals surface area contributed by atoms with Crippen molar-refractivity contribution >= 4 is 42.1 Å². The first-order valence-electron chi connectivity index (χ1n) is 8.57. The number of piperidine rings is 1. The largest absolute Gasteiger partial charge is 0.371 e. The van der Waals surface area contributed by atoms with Crippen LogP contribution in [0.5, 0.6) is 0 Å². The molecule has 2 bridgehead atoms. The first-order chi connectivity index (χ1) is 10.7. The van der Waals surface area contributed by atoms with Crippen LogP contribution >= 0.6 is 24.8 Å². The zero-order valence-electron chi connectivity index (χ0n) is 14.1. The van der Waals surface area contributed by atoms with E-state index < -0.39 is 0 Å². The van der Waals surface area contributed by atoms with E-state index in [0.29, 0.717) is 30.3 Å². The number of likely N-dealkylation sites (N-methyl/N-ethyl adjacent to an activating group) is 1. The third kappa shape index (κ3) is 3.66. The minimum atomic E-state index is 0. The SMILES string of the molecule is CN1CCN(C(=O)CC2CC3CCC(C2)N3)c2ccccc21.Cl.Cl. The molecule has 134 valence electrons. The Kier molecular flexibility index (Phi) is 6.40. The van der Waals surface area contributed by atoms with Crippen molar-refractivity contribution in [3.05, 3.63) is 24.3 Å². The second-order valence-corrected chi connectivity index (χ2v) is 7.14. The highest BCUT2D eigenvalue weighted by molar-refractivity contribution is 5.97. The third-order valence-corrected chi connectivity index (χ3v) is 5.58. The van der Waals surface area contributed by atoms with Gasteiger partial charge in [-0.3, -0.25) is 4.79 Å². The van der Waals surface area contributed by atoms with Crippen molar-refractivity contribution < 1.29 is 4.79 Å². The van der Waals surface area contributed by atoms with Crippen LogP contribution in [0.25, 0.3) is 0 Å². The molecule has 4 nitrogen and oxygen atoms in total. The fourth-order valence-electron chi connectivity index (χ4n) is 4.46. The minimum absolute atomic E-state index is 0. The van der Waals surface area contributed by atoms with Crippen molar-refractivity contribution in [3.63, 3.8) is 0 Å². The second kappa shape index (κ2) is 7.94. The first-order valence-corrected chi connectivity index (χ1v) is 8.57. The molecule has 1 aromatic rings. The molecule has 1 N–H and O–H groups in total. The van der Waals surface area contributed by atoms with E-state index in [-0.39, 0.29) is 24.8 Å². The summed E-state index contributed by atoms with van der Waals surface area (Å²) in [5.41, 5.74) is 2.26. The molecule has 0 radical (unpaired) electrons. The average molecular weight is 372 g/mol. The van der Waals surface area contributed by atoms with Crippen LogP contribution in [-0.4, -0.2) is 38.1 Å². The predicted octanol–water partition coefficient (Wildman–Crippen LogP) is 3.23. The predicted molar refractivity (Wildman–Crippen MR) is 104 cm³/mol. The van der Waals surface area contributed by atoms with Gasteiger partial charge in [0.1, 0.15) is 0 Å². The summed E-state index contributed by atoms with van der Waals surface area (Å²) in [6.45, 7) is 1.73. The van der Waals surface area contributed by atoms with E-state index in [9.17, 15) is 4.79 Å². The molecule has 1 amide bonds. The molecule has 3 aliphatic heterocycles. The van der Waals surface area contributed by atoms with Crippen LogP contribution < -0.4 is 15.1 Å². The molecule has 0 saturated carbocycles. The molecule has 1 aromatic carbocycles. The summed E-state index contributed by atoms with van der Waals surface area (Å²) < 4.78 is 0. The molecule has 3 aliphatic rings. The summed E-state index contributed by atoms with van der Waals surface area (Å²) in [5.74, 6) is 0.880. The molecule has 2 fully saturated rings. The maximum Gasteiger partial charge on any atom is 0.227 e. The van der Waals surface area contributed by atoms with E-state index in [0.717, 1.165) is 18.8 Å². The zero-order chi connectivity index (χ0) is 15.1. The first kappa shape index (κ1) is 19.4. The number of carbonyl (C=O) groups is 1. The molecule has 0 spiro atoms. The maximum atomic E-state index is 12.9. The van der Waals surface area contributed by atoms with Crippen LogP contribution in [0.4, 0.5) is 11.4 Å². The number of anilines is 2. The summed E-state index contributed by atoms with van der Waals surface area (Å²) in [6.07, 6.45) is 5.67. The second-order valence-electron chi connectivity index (χ2n) is 7.14. The van der Waals surface area contributed by atoms with E-state index in [1.54, 1.807) is 0 Å². The number of para-hydroxylation sites is 2. The van der Waals surface area contributed by atoms with Crippen molar-refractivity contribution in [2.45, 2.75) is 44.2 Å². The third-order valence-electron chi connectivity index (χ3n) is 5.58. The number of hydrogen-bond donors (Lipinski definition) is 1. The van der Waals surface area contributed by atoms with Crippen LogP contribution in [0, 0.1) is 5.92 Å². The summed E-state index contributed by atoms with van der Waals surface area (Å²) in [6, 6.07) is 9.60. The van der Waals surface area contributed by atoms with E-state index >= 15 is 0 Å². The van der Waals surface area contributed by atoms with Gasteiger partial charge in [-0.2, -0.15) is 0 Å². The van der Waals surface area contributed by atoms with Gasteiger partial charge in [0, 0.05) is 38.6 Å². The Labute approximate surface area is 156 Å². The number of carbonyl (C=O) groups excluding carboxylic acids is 1. The average Bonchev–Trinajstić information content (AvgIpc) is 2.86. The number of benzene rings is 1. The van der Waals surface area contributed by atoms with Crippen LogP contribution in [0.1, 0.15) is 32.1 Å². The summed E-state index contributed by atoms with van der Waals surface area (Å²) >= 11 is 0. The Morgan fingerprint density at radius 1 is 1.08 bits per heavy atom. The Morgan fingerprint density at radius 2 is 1.71 bits per heavy atom. The summed E-state index contributed by atoms with van der Waals surface area (Å²) in [4.78, 5) is 17.1. The van der Waals surface area contributed by atoms with Crippen LogP contribution in [0.3, 0.4) is 0 Å². The summed E-state index contributed by atoms with van der Waals surface area (Å²) in [5, 5.41) is 3.66. The van der Waals surface area contributed by atoms with Gasteiger partial charge < -0.3 is 15.1 Å². The molecule has 3 heterocycles. The smallest absolute Gasteiger partial charge is 0.227 e. The van der Waals surface area contributed by atoms with Gasteiger partial charge >= 0.3 is 0 Å². The van der Waals surface area contributed by atoms with Crippen LogP contribution in [-0.2, 0) is 4.79 Å². The monoisotopic (exact) mass is 371 g/mol. The minimum Gasteiger partial charge on any atom is -0.371 e. The van der Waals surface area contributed by atoms with Crippen molar-refractivity contribution in [2.75, 3.05) is 29.9 Å². The van der Waals surface area contributed by atoms with Gasteiger partial charge in [-0.15, -0.1) is 24.8 Å². The number of rotatable bonds is 2. The topological polar surface area (TPSA) is 35.6 Å². The number of nitrogens with one attached hydrogen (secondary N) is 1.